The summed E-state index contributed by atoms with van der Waals surface area (Å²) in [6, 6.07) is 11.9. The topological polar surface area (TPSA) is 19.4 Å². The van der Waals surface area contributed by atoms with Crippen molar-refractivity contribution in [2.24, 2.45) is 5.92 Å². The van der Waals surface area contributed by atoms with E-state index in [9.17, 15) is 4.39 Å². The minimum Gasteiger partial charge on any atom is -0.296 e. The molecule has 0 aliphatic carbocycles. The lowest BCUT2D eigenvalue weighted by molar-refractivity contribution is 0.123. The van der Waals surface area contributed by atoms with Crippen LogP contribution in [0.3, 0.4) is 0 Å². The molecule has 0 spiro atoms. The summed E-state index contributed by atoms with van der Waals surface area (Å²) in [4.78, 5) is 9.68. The number of halogens is 1. The Hall–Kier alpha value is -1.78. The molecule has 4 heterocycles. The van der Waals surface area contributed by atoms with Crippen LogP contribution in [-0.4, -0.2) is 40.5 Å². The number of aromatic nitrogens is 1. The summed E-state index contributed by atoms with van der Waals surface area (Å²) in [5, 5.41) is 0. The van der Waals surface area contributed by atoms with Crippen LogP contribution < -0.4 is 0 Å². The molecule has 0 radical (unpaired) electrons. The number of hydrogen-bond acceptors (Lipinski definition) is 3. The monoisotopic (exact) mass is 339 g/mol. The highest BCUT2D eigenvalue weighted by Crippen LogP contribution is 2.30. The number of pyridine rings is 1. The molecule has 2 bridgehead atoms. The second-order valence-corrected chi connectivity index (χ2v) is 7.61. The van der Waals surface area contributed by atoms with Crippen LogP contribution in [0, 0.1) is 18.7 Å². The van der Waals surface area contributed by atoms with Crippen LogP contribution in [0.15, 0.2) is 42.6 Å². The summed E-state index contributed by atoms with van der Waals surface area (Å²) in [5.41, 5.74) is 3.47. The van der Waals surface area contributed by atoms with Crippen molar-refractivity contribution < 1.29 is 4.39 Å². The van der Waals surface area contributed by atoms with E-state index < -0.39 is 0 Å². The van der Waals surface area contributed by atoms with Gasteiger partial charge in [-0.25, -0.2) is 4.39 Å². The van der Waals surface area contributed by atoms with Crippen LogP contribution in [0.1, 0.15) is 29.7 Å². The third kappa shape index (κ3) is 3.91. The van der Waals surface area contributed by atoms with Crippen molar-refractivity contribution in [2.45, 2.75) is 38.9 Å². The van der Waals surface area contributed by atoms with Gasteiger partial charge in [0.2, 0.25) is 0 Å². The standard InChI is InChI=1S/C21H26FN3/c1-16-10-19(22)7-6-18(16)13-25-12-17-5-8-21(25)15-24(11-17)14-20-4-2-3-9-23-20/h2-4,6-7,9-10,17,21H,5,8,11-15H2,1H3/t17-,21+/m0/s1. The molecule has 25 heavy (non-hydrogen) atoms. The first-order chi connectivity index (χ1) is 12.2. The zero-order valence-electron chi connectivity index (χ0n) is 14.9. The van der Waals surface area contributed by atoms with E-state index in [1.807, 2.05) is 25.3 Å². The number of nitrogens with zero attached hydrogens (tertiary/aromatic N) is 3. The van der Waals surface area contributed by atoms with E-state index in [1.165, 1.54) is 18.4 Å². The first kappa shape index (κ1) is 16.7. The van der Waals surface area contributed by atoms with Crippen molar-refractivity contribution in [3.05, 3.63) is 65.2 Å². The van der Waals surface area contributed by atoms with Crippen LogP contribution in [0.2, 0.25) is 0 Å². The molecule has 3 nitrogen and oxygen atoms in total. The number of benzene rings is 1. The van der Waals surface area contributed by atoms with Gasteiger partial charge < -0.3 is 0 Å². The van der Waals surface area contributed by atoms with Gasteiger partial charge in [-0.3, -0.25) is 14.8 Å². The molecule has 132 valence electrons. The lowest BCUT2D eigenvalue weighted by Crippen LogP contribution is -2.43. The Balaban J connectivity index is 1.46. The normalized spacial score (nSPS) is 24.4. The van der Waals surface area contributed by atoms with Crippen LogP contribution >= 0.6 is 0 Å². The van der Waals surface area contributed by atoms with E-state index in [-0.39, 0.29) is 5.82 Å². The van der Waals surface area contributed by atoms with Gasteiger partial charge in [-0.2, -0.15) is 0 Å². The molecule has 0 N–H and O–H groups in total. The molecule has 3 aliphatic rings. The number of piperidine rings is 1. The Morgan fingerprint density at radius 1 is 1.08 bits per heavy atom. The fourth-order valence-corrected chi connectivity index (χ4v) is 4.38. The molecular weight excluding hydrogens is 313 g/mol. The molecule has 0 unspecified atom stereocenters. The average molecular weight is 339 g/mol. The summed E-state index contributed by atoms with van der Waals surface area (Å²) in [6.45, 7) is 7.31. The maximum Gasteiger partial charge on any atom is 0.123 e. The molecule has 3 fully saturated rings. The molecule has 5 rings (SSSR count). The molecule has 3 aliphatic heterocycles. The summed E-state index contributed by atoms with van der Waals surface area (Å²) >= 11 is 0. The third-order valence-corrected chi connectivity index (χ3v) is 5.69. The Morgan fingerprint density at radius 2 is 2.00 bits per heavy atom. The van der Waals surface area contributed by atoms with Crippen molar-refractivity contribution in [1.82, 2.24) is 14.8 Å². The number of hydrogen-bond donors (Lipinski definition) is 0. The van der Waals surface area contributed by atoms with Crippen molar-refractivity contribution in [1.29, 1.82) is 0 Å². The predicted molar refractivity (Wildman–Crippen MR) is 97.6 cm³/mol. The Bertz CT molecular complexity index is 718. The minimum atomic E-state index is -0.139. The molecule has 3 saturated heterocycles. The van der Waals surface area contributed by atoms with Crippen LogP contribution in [-0.2, 0) is 13.1 Å². The van der Waals surface area contributed by atoms with Gasteiger partial charge in [0.25, 0.3) is 0 Å². The van der Waals surface area contributed by atoms with Crippen molar-refractivity contribution in [3.63, 3.8) is 0 Å². The minimum absolute atomic E-state index is 0.139. The van der Waals surface area contributed by atoms with Gasteiger partial charge in [0, 0.05) is 45.0 Å². The average Bonchev–Trinajstić information content (AvgIpc) is 2.89. The van der Waals surface area contributed by atoms with Crippen molar-refractivity contribution >= 4 is 0 Å². The maximum absolute atomic E-state index is 13.4. The van der Waals surface area contributed by atoms with Crippen LogP contribution in [0.5, 0.6) is 0 Å². The zero-order valence-corrected chi connectivity index (χ0v) is 14.9. The highest BCUT2D eigenvalue weighted by Gasteiger charge is 2.34. The molecule has 1 aromatic carbocycles. The zero-order chi connectivity index (χ0) is 17.2. The summed E-state index contributed by atoms with van der Waals surface area (Å²) in [5.74, 6) is 0.586. The second kappa shape index (κ2) is 7.22. The Morgan fingerprint density at radius 3 is 2.80 bits per heavy atom. The molecular formula is C21H26FN3. The van der Waals surface area contributed by atoms with E-state index >= 15 is 0 Å². The van der Waals surface area contributed by atoms with Gasteiger partial charge in [-0.1, -0.05) is 12.1 Å². The first-order valence-electron chi connectivity index (χ1n) is 9.29. The van der Waals surface area contributed by atoms with E-state index in [0.29, 0.717) is 6.04 Å². The van der Waals surface area contributed by atoms with Gasteiger partial charge >= 0.3 is 0 Å². The lowest BCUT2D eigenvalue weighted by atomic mass is 9.94. The molecule has 0 amide bonds. The summed E-state index contributed by atoms with van der Waals surface area (Å²) in [7, 11) is 0. The molecule has 2 atom stereocenters. The highest BCUT2D eigenvalue weighted by molar-refractivity contribution is 5.26. The lowest BCUT2D eigenvalue weighted by Gasteiger charge is -2.36. The summed E-state index contributed by atoms with van der Waals surface area (Å²) < 4.78 is 13.4. The second-order valence-electron chi connectivity index (χ2n) is 7.61. The van der Waals surface area contributed by atoms with Gasteiger partial charge in [-0.15, -0.1) is 0 Å². The Labute approximate surface area is 149 Å². The van der Waals surface area contributed by atoms with Crippen molar-refractivity contribution in [3.8, 4) is 0 Å². The van der Waals surface area contributed by atoms with E-state index in [0.717, 1.165) is 49.9 Å². The number of rotatable bonds is 4. The smallest absolute Gasteiger partial charge is 0.123 e. The van der Waals surface area contributed by atoms with Gasteiger partial charge in [0.05, 0.1) is 5.69 Å². The molecule has 1 aromatic heterocycles. The van der Waals surface area contributed by atoms with Crippen LogP contribution in [0.25, 0.3) is 0 Å². The molecule has 4 heteroatoms. The fraction of sp³-hybridized carbons (Fsp3) is 0.476. The molecule has 0 saturated carbocycles. The fourth-order valence-electron chi connectivity index (χ4n) is 4.38. The predicted octanol–water partition coefficient (Wildman–Crippen LogP) is 3.63. The van der Waals surface area contributed by atoms with Gasteiger partial charge in [-0.05, 0) is 61.1 Å². The third-order valence-electron chi connectivity index (χ3n) is 5.69. The first-order valence-corrected chi connectivity index (χ1v) is 9.29. The van der Waals surface area contributed by atoms with Crippen LogP contribution in [0.4, 0.5) is 4.39 Å². The summed E-state index contributed by atoms with van der Waals surface area (Å²) in [6.07, 6.45) is 4.47. The van der Waals surface area contributed by atoms with E-state index in [2.05, 4.69) is 26.9 Å². The van der Waals surface area contributed by atoms with E-state index in [1.54, 1.807) is 12.1 Å². The number of fused-ring (bicyclic) bond motifs is 4. The van der Waals surface area contributed by atoms with Crippen molar-refractivity contribution in [2.75, 3.05) is 19.6 Å². The number of aryl methyl sites for hydroxylation is 1. The van der Waals surface area contributed by atoms with E-state index in [4.69, 9.17) is 0 Å². The highest BCUT2D eigenvalue weighted by atomic mass is 19.1. The van der Waals surface area contributed by atoms with Gasteiger partial charge in [0.1, 0.15) is 5.82 Å². The van der Waals surface area contributed by atoms with Gasteiger partial charge in [0.15, 0.2) is 0 Å². The largest absolute Gasteiger partial charge is 0.296 e. The SMILES string of the molecule is Cc1cc(F)ccc1CN1C[C@H]2CC[C@@H]1CN(Cc1ccccn1)C2. The Kier molecular flexibility index (Phi) is 4.82. The maximum atomic E-state index is 13.4. The molecule has 2 aromatic rings. The quantitative estimate of drug-likeness (QED) is 0.848.